The summed E-state index contributed by atoms with van der Waals surface area (Å²) in [5.74, 6) is -0.806. The van der Waals surface area contributed by atoms with Crippen molar-refractivity contribution in [2.45, 2.75) is 31.8 Å². The quantitative estimate of drug-likeness (QED) is 0.915. The van der Waals surface area contributed by atoms with Crippen molar-refractivity contribution in [1.82, 2.24) is 4.90 Å². The Labute approximate surface area is 141 Å². The molecule has 2 aliphatic rings. The van der Waals surface area contributed by atoms with Crippen LogP contribution < -0.4 is 5.73 Å². The minimum Gasteiger partial charge on any atom is -0.377 e. The Kier molecular flexibility index (Phi) is 5.14. The van der Waals surface area contributed by atoms with Crippen molar-refractivity contribution in [2.75, 3.05) is 19.7 Å². The van der Waals surface area contributed by atoms with E-state index in [4.69, 9.17) is 10.5 Å². The number of carbonyl (C=O) groups excluding carboxylic acids is 2. The van der Waals surface area contributed by atoms with Crippen molar-refractivity contribution in [3.63, 3.8) is 0 Å². The number of nitrogens with zero attached hydrogens (tertiary/aromatic N) is 1. The van der Waals surface area contributed by atoms with Crippen molar-refractivity contribution >= 4 is 11.8 Å². The summed E-state index contributed by atoms with van der Waals surface area (Å²) in [6, 6.07) is 6.08. The summed E-state index contributed by atoms with van der Waals surface area (Å²) in [6.45, 7) is 1.79. The van der Waals surface area contributed by atoms with Crippen LogP contribution in [0, 0.1) is 17.7 Å². The second-order valence-electron chi connectivity index (χ2n) is 6.66. The van der Waals surface area contributed by atoms with Crippen molar-refractivity contribution in [2.24, 2.45) is 17.6 Å². The van der Waals surface area contributed by atoms with Gasteiger partial charge >= 0.3 is 0 Å². The molecule has 0 aliphatic carbocycles. The molecule has 24 heavy (non-hydrogen) atoms. The van der Waals surface area contributed by atoms with Crippen molar-refractivity contribution in [3.8, 4) is 0 Å². The van der Waals surface area contributed by atoms with Crippen LogP contribution in [0.3, 0.4) is 0 Å². The van der Waals surface area contributed by atoms with Gasteiger partial charge < -0.3 is 15.4 Å². The van der Waals surface area contributed by atoms with Crippen LogP contribution in [0.4, 0.5) is 4.39 Å². The second-order valence-corrected chi connectivity index (χ2v) is 6.66. The Morgan fingerprint density at radius 1 is 1.21 bits per heavy atom. The number of primary amides is 1. The predicted octanol–water partition coefficient (Wildman–Crippen LogP) is 1.96. The summed E-state index contributed by atoms with van der Waals surface area (Å²) in [6.07, 6.45) is 3.08. The van der Waals surface area contributed by atoms with Gasteiger partial charge in [0.25, 0.3) is 5.91 Å². The van der Waals surface area contributed by atoms with Gasteiger partial charge in [0.05, 0.1) is 17.6 Å². The molecule has 2 atom stereocenters. The number of halogens is 1. The fourth-order valence-corrected chi connectivity index (χ4v) is 3.71. The maximum Gasteiger partial charge on any atom is 0.256 e. The zero-order valence-corrected chi connectivity index (χ0v) is 13.6. The van der Waals surface area contributed by atoms with Crippen LogP contribution in [0.5, 0.6) is 0 Å². The molecular formula is C18H23FN2O3. The van der Waals surface area contributed by atoms with Gasteiger partial charge in [0.2, 0.25) is 5.91 Å². The molecule has 1 aromatic carbocycles. The number of hydrogen-bond acceptors (Lipinski definition) is 3. The van der Waals surface area contributed by atoms with Crippen LogP contribution in [-0.4, -0.2) is 42.5 Å². The number of likely N-dealkylation sites (tertiary alicyclic amines) is 1. The number of ether oxygens (including phenoxy) is 1. The van der Waals surface area contributed by atoms with Crippen LogP contribution >= 0.6 is 0 Å². The van der Waals surface area contributed by atoms with E-state index in [1.54, 1.807) is 17.0 Å². The zero-order chi connectivity index (χ0) is 17.1. The molecule has 0 saturated carbocycles. The number of benzene rings is 1. The van der Waals surface area contributed by atoms with Gasteiger partial charge in [0.15, 0.2) is 0 Å². The molecule has 2 amide bonds. The third kappa shape index (κ3) is 3.59. The molecule has 130 valence electrons. The molecule has 2 heterocycles. The number of nitrogens with two attached hydrogens (primary N) is 1. The van der Waals surface area contributed by atoms with Gasteiger partial charge in [-0.2, -0.15) is 0 Å². The molecule has 3 rings (SSSR count). The number of rotatable bonds is 4. The van der Waals surface area contributed by atoms with E-state index in [1.165, 1.54) is 12.1 Å². The maximum atomic E-state index is 13.8. The lowest BCUT2D eigenvalue weighted by Crippen LogP contribution is -2.40. The van der Waals surface area contributed by atoms with Crippen LogP contribution in [0.25, 0.3) is 0 Å². The van der Waals surface area contributed by atoms with Crippen LogP contribution in [-0.2, 0) is 9.53 Å². The van der Waals surface area contributed by atoms with Gasteiger partial charge in [-0.25, -0.2) is 4.39 Å². The first-order valence-electron chi connectivity index (χ1n) is 8.51. The minimum absolute atomic E-state index is 0.0960. The molecule has 0 bridgehead atoms. The highest BCUT2D eigenvalue weighted by Gasteiger charge is 2.35. The van der Waals surface area contributed by atoms with E-state index in [0.717, 1.165) is 19.3 Å². The summed E-state index contributed by atoms with van der Waals surface area (Å²) < 4.78 is 19.4. The van der Waals surface area contributed by atoms with Gasteiger partial charge in [-0.1, -0.05) is 12.1 Å². The van der Waals surface area contributed by atoms with E-state index >= 15 is 0 Å². The number of hydrogen-bond donors (Lipinski definition) is 1. The van der Waals surface area contributed by atoms with Crippen LogP contribution in [0.2, 0.25) is 0 Å². The fraction of sp³-hybridized carbons (Fsp3) is 0.556. The van der Waals surface area contributed by atoms with Gasteiger partial charge in [0.1, 0.15) is 5.82 Å². The largest absolute Gasteiger partial charge is 0.377 e. The Bertz CT molecular complexity index is 614. The minimum atomic E-state index is -0.478. The second kappa shape index (κ2) is 7.30. The molecule has 5 nitrogen and oxygen atoms in total. The third-order valence-corrected chi connectivity index (χ3v) is 5.15. The highest BCUT2D eigenvalue weighted by Crippen LogP contribution is 2.31. The molecule has 0 radical (unpaired) electrons. The molecule has 0 unspecified atom stereocenters. The van der Waals surface area contributed by atoms with Crippen LogP contribution in [0.15, 0.2) is 24.3 Å². The van der Waals surface area contributed by atoms with Gasteiger partial charge in [-0.15, -0.1) is 0 Å². The number of piperidine rings is 1. The average molecular weight is 334 g/mol. The number of carbonyl (C=O) groups is 2. The molecule has 2 fully saturated rings. The summed E-state index contributed by atoms with van der Waals surface area (Å²) in [5, 5.41) is 0. The molecule has 2 saturated heterocycles. The smallest absolute Gasteiger partial charge is 0.256 e. The Balaban J connectivity index is 1.53. The lowest BCUT2D eigenvalue weighted by Gasteiger charge is -2.33. The Morgan fingerprint density at radius 2 is 1.92 bits per heavy atom. The first kappa shape index (κ1) is 16.9. The first-order valence-corrected chi connectivity index (χ1v) is 8.51. The highest BCUT2D eigenvalue weighted by molar-refractivity contribution is 5.94. The lowest BCUT2D eigenvalue weighted by atomic mass is 9.86. The summed E-state index contributed by atoms with van der Waals surface area (Å²) in [4.78, 5) is 25.6. The Hall–Kier alpha value is -1.95. The summed E-state index contributed by atoms with van der Waals surface area (Å²) in [5.41, 5.74) is 5.55. The van der Waals surface area contributed by atoms with E-state index in [-0.39, 0.29) is 29.4 Å². The van der Waals surface area contributed by atoms with E-state index in [0.29, 0.717) is 32.0 Å². The normalized spacial score (nSPS) is 25.0. The van der Waals surface area contributed by atoms with Crippen LogP contribution in [0.1, 0.15) is 36.0 Å². The first-order chi connectivity index (χ1) is 11.6. The van der Waals surface area contributed by atoms with Gasteiger partial charge in [0, 0.05) is 19.7 Å². The fourth-order valence-electron chi connectivity index (χ4n) is 3.71. The molecular weight excluding hydrogens is 311 g/mol. The molecule has 0 spiro atoms. The average Bonchev–Trinajstić information content (AvgIpc) is 3.04. The topological polar surface area (TPSA) is 72.6 Å². The van der Waals surface area contributed by atoms with E-state index in [1.807, 2.05) is 0 Å². The SMILES string of the molecule is NC(=O)[C@@H]1CCO[C@@H]1CC1CCN(C(=O)c2ccccc2F)CC1. The standard InChI is InChI=1S/C18H23FN2O3/c19-15-4-2-1-3-13(15)18(23)21-8-5-12(6-9-21)11-16-14(17(20)22)7-10-24-16/h1-4,12,14,16H,5-11H2,(H2,20,22)/t14-,16-/m1/s1. The van der Waals surface area contributed by atoms with Crippen molar-refractivity contribution < 1.29 is 18.7 Å². The summed E-state index contributed by atoms with van der Waals surface area (Å²) >= 11 is 0. The monoisotopic (exact) mass is 334 g/mol. The maximum absolute atomic E-state index is 13.8. The lowest BCUT2D eigenvalue weighted by molar-refractivity contribution is -0.123. The Morgan fingerprint density at radius 3 is 2.58 bits per heavy atom. The number of amides is 2. The van der Waals surface area contributed by atoms with E-state index in [2.05, 4.69) is 0 Å². The van der Waals surface area contributed by atoms with Gasteiger partial charge in [-0.05, 0) is 43.7 Å². The molecule has 2 N–H and O–H groups in total. The van der Waals surface area contributed by atoms with Crippen molar-refractivity contribution in [1.29, 1.82) is 0 Å². The predicted molar refractivity (Wildman–Crippen MR) is 86.7 cm³/mol. The molecule has 6 heteroatoms. The summed E-state index contributed by atoms with van der Waals surface area (Å²) in [7, 11) is 0. The van der Waals surface area contributed by atoms with E-state index < -0.39 is 5.82 Å². The van der Waals surface area contributed by atoms with Crippen molar-refractivity contribution in [3.05, 3.63) is 35.6 Å². The highest BCUT2D eigenvalue weighted by atomic mass is 19.1. The molecule has 0 aromatic heterocycles. The third-order valence-electron chi connectivity index (χ3n) is 5.15. The molecule has 1 aromatic rings. The van der Waals surface area contributed by atoms with Gasteiger partial charge in [-0.3, -0.25) is 9.59 Å². The zero-order valence-electron chi connectivity index (χ0n) is 13.6. The van der Waals surface area contributed by atoms with E-state index in [9.17, 15) is 14.0 Å². The molecule has 2 aliphatic heterocycles.